The Balaban J connectivity index is 2.13. The summed E-state index contributed by atoms with van der Waals surface area (Å²) in [6, 6.07) is 11.7. The van der Waals surface area contributed by atoms with Crippen LogP contribution >= 0.6 is 0 Å². The molecule has 3 nitrogen and oxygen atoms in total. The van der Waals surface area contributed by atoms with Gasteiger partial charge in [-0.1, -0.05) is 36.1 Å². The largest absolute Gasteiger partial charge is 0.489 e. The standard InChI is InChI=1S/C17H15FO3/c18-16-8-7-13(10-14(16)5-3-9-19)12-21-17-6-2-1-4-15(17)11-20/h1-2,4,6-8,10,19-20H,9,11-12H2. The van der Waals surface area contributed by atoms with Crippen molar-refractivity contribution in [1.29, 1.82) is 0 Å². The molecule has 0 aliphatic heterocycles. The van der Waals surface area contributed by atoms with Crippen molar-refractivity contribution in [3.63, 3.8) is 0 Å². The number of aliphatic hydroxyl groups is 2. The van der Waals surface area contributed by atoms with E-state index in [0.717, 1.165) is 5.56 Å². The van der Waals surface area contributed by atoms with Crippen LogP contribution in [-0.2, 0) is 13.2 Å². The molecule has 0 aliphatic carbocycles. The fraction of sp³-hybridized carbons (Fsp3) is 0.176. The van der Waals surface area contributed by atoms with Gasteiger partial charge in [-0.25, -0.2) is 4.39 Å². The molecule has 21 heavy (non-hydrogen) atoms. The first-order chi connectivity index (χ1) is 10.2. The molecule has 0 bridgehead atoms. The third kappa shape index (κ3) is 4.06. The highest BCUT2D eigenvalue weighted by atomic mass is 19.1. The predicted molar refractivity (Wildman–Crippen MR) is 77.1 cm³/mol. The molecule has 0 radical (unpaired) electrons. The lowest BCUT2D eigenvalue weighted by Gasteiger charge is -2.10. The highest BCUT2D eigenvalue weighted by Gasteiger charge is 2.04. The van der Waals surface area contributed by atoms with Gasteiger partial charge in [-0.2, -0.15) is 0 Å². The van der Waals surface area contributed by atoms with Gasteiger partial charge in [0, 0.05) is 5.56 Å². The molecule has 0 heterocycles. The first kappa shape index (κ1) is 15.0. The van der Waals surface area contributed by atoms with E-state index in [1.807, 2.05) is 12.1 Å². The van der Waals surface area contributed by atoms with E-state index in [1.54, 1.807) is 24.3 Å². The summed E-state index contributed by atoms with van der Waals surface area (Å²) in [6.45, 7) is -0.179. The lowest BCUT2D eigenvalue weighted by molar-refractivity contribution is 0.259. The molecule has 108 valence electrons. The molecule has 0 saturated carbocycles. The molecule has 2 N–H and O–H groups in total. The molecule has 2 rings (SSSR count). The van der Waals surface area contributed by atoms with Gasteiger partial charge in [-0.3, -0.25) is 0 Å². The van der Waals surface area contributed by atoms with E-state index in [-0.39, 0.29) is 25.4 Å². The molecule has 2 aromatic carbocycles. The summed E-state index contributed by atoms with van der Waals surface area (Å²) >= 11 is 0. The average molecular weight is 286 g/mol. The third-order valence-corrected chi connectivity index (χ3v) is 2.87. The molecule has 0 aromatic heterocycles. The SMILES string of the molecule is OCC#Cc1cc(COc2ccccc2CO)ccc1F. The van der Waals surface area contributed by atoms with Gasteiger partial charge in [0.25, 0.3) is 0 Å². The van der Waals surface area contributed by atoms with Crippen LogP contribution in [-0.4, -0.2) is 16.8 Å². The molecule has 0 amide bonds. The second-order valence-corrected chi connectivity index (χ2v) is 4.33. The monoisotopic (exact) mass is 286 g/mol. The van der Waals surface area contributed by atoms with E-state index in [4.69, 9.17) is 9.84 Å². The Morgan fingerprint density at radius 3 is 2.67 bits per heavy atom. The lowest BCUT2D eigenvalue weighted by Crippen LogP contribution is -1.99. The van der Waals surface area contributed by atoms with Gasteiger partial charge < -0.3 is 14.9 Å². The molecule has 4 heteroatoms. The van der Waals surface area contributed by atoms with Gasteiger partial charge in [-0.05, 0) is 23.8 Å². The highest BCUT2D eigenvalue weighted by Crippen LogP contribution is 2.19. The van der Waals surface area contributed by atoms with E-state index < -0.39 is 5.82 Å². The number of rotatable bonds is 4. The Bertz CT molecular complexity index is 671. The molecule has 0 unspecified atom stereocenters. The van der Waals surface area contributed by atoms with E-state index in [1.165, 1.54) is 6.07 Å². The summed E-state index contributed by atoms with van der Waals surface area (Å²) in [7, 11) is 0. The number of para-hydroxylation sites is 1. The lowest BCUT2D eigenvalue weighted by atomic mass is 10.1. The minimum Gasteiger partial charge on any atom is -0.489 e. The Morgan fingerprint density at radius 1 is 1.10 bits per heavy atom. The summed E-state index contributed by atoms with van der Waals surface area (Å²) in [5.74, 6) is 5.12. The van der Waals surface area contributed by atoms with Crippen LogP contribution in [0.5, 0.6) is 5.75 Å². The molecule has 0 atom stereocenters. The first-order valence-electron chi connectivity index (χ1n) is 6.44. The van der Waals surface area contributed by atoms with Crippen LogP contribution in [0.4, 0.5) is 4.39 Å². The minimum atomic E-state index is -0.435. The maximum atomic E-state index is 13.5. The molecule has 0 saturated heterocycles. The van der Waals surface area contributed by atoms with Crippen molar-refractivity contribution in [3.05, 3.63) is 65.0 Å². The fourth-order valence-electron chi connectivity index (χ4n) is 1.83. The van der Waals surface area contributed by atoms with Gasteiger partial charge >= 0.3 is 0 Å². The third-order valence-electron chi connectivity index (χ3n) is 2.87. The zero-order valence-electron chi connectivity index (χ0n) is 11.3. The molecule has 0 aliphatic rings. The van der Waals surface area contributed by atoms with Crippen molar-refractivity contribution >= 4 is 0 Å². The van der Waals surface area contributed by atoms with Crippen molar-refractivity contribution in [2.75, 3.05) is 6.61 Å². The summed E-state index contributed by atoms with van der Waals surface area (Å²) < 4.78 is 19.2. The number of hydrogen-bond acceptors (Lipinski definition) is 3. The van der Waals surface area contributed by atoms with Gasteiger partial charge in [0.05, 0.1) is 12.2 Å². The Morgan fingerprint density at radius 2 is 1.90 bits per heavy atom. The van der Waals surface area contributed by atoms with E-state index in [0.29, 0.717) is 11.3 Å². The van der Waals surface area contributed by atoms with Crippen molar-refractivity contribution in [2.45, 2.75) is 13.2 Å². The molecule has 0 fully saturated rings. The Labute approximate surface area is 122 Å². The Kier molecular flexibility index (Phi) is 5.33. The molecule has 2 aromatic rings. The number of benzene rings is 2. The van der Waals surface area contributed by atoms with Gasteiger partial charge in [-0.15, -0.1) is 0 Å². The van der Waals surface area contributed by atoms with Crippen LogP contribution in [0.1, 0.15) is 16.7 Å². The number of hydrogen-bond donors (Lipinski definition) is 2. The number of halogens is 1. The topological polar surface area (TPSA) is 49.7 Å². The molecule has 0 spiro atoms. The minimum absolute atomic E-state index is 0.104. The summed E-state index contributed by atoms with van der Waals surface area (Å²) in [6.07, 6.45) is 0. The predicted octanol–water partition coefficient (Wildman–Crippen LogP) is 2.24. The van der Waals surface area contributed by atoms with E-state index in [9.17, 15) is 9.50 Å². The van der Waals surface area contributed by atoms with Crippen LogP contribution in [0, 0.1) is 17.7 Å². The maximum absolute atomic E-state index is 13.5. The van der Waals surface area contributed by atoms with E-state index in [2.05, 4.69) is 11.8 Å². The van der Waals surface area contributed by atoms with Gasteiger partial charge in [0.2, 0.25) is 0 Å². The van der Waals surface area contributed by atoms with Gasteiger partial charge in [0.1, 0.15) is 24.8 Å². The van der Waals surface area contributed by atoms with Crippen LogP contribution in [0.15, 0.2) is 42.5 Å². The second kappa shape index (κ2) is 7.44. The quantitative estimate of drug-likeness (QED) is 0.848. The maximum Gasteiger partial charge on any atom is 0.138 e. The molecular weight excluding hydrogens is 271 g/mol. The van der Waals surface area contributed by atoms with Crippen LogP contribution in [0.25, 0.3) is 0 Å². The van der Waals surface area contributed by atoms with Crippen molar-refractivity contribution < 1.29 is 19.3 Å². The van der Waals surface area contributed by atoms with Gasteiger partial charge in [0.15, 0.2) is 0 Å². The number of ether oxygens (including phenoxy) is 1. The normalized spacial score (nSPS) is 9.86. The summed E-state index contributed by atoms with van der Waals surface area (Å²) in [4.78, 5) is 0. The van der Waals surface area contributed by atoms with Crippen molar-refractivity contribution in [1.82, 2.24) is 0 Å². The summed E-state index contributed by atoms with van der Waals surface area (Å²) in [5, 5.41) is 17.9. The van der Waals surface area contributed by atoms with Crippen LogP contribution < -0.4 is 4.74 Å². The summed E-state index contributed by atoms with van der Waals surface area (Å²) in [5.41, 5.74) is 1.67. The first-order valence-corrected chi connectivity index (χ1v) is 6.44. The zero-order valence-corrected chi connectivity index (χ0v) is 11.3. The van der Waals surface area contributed by atoms with Crippen LogP contribution in [0.3, 0.4) is 0 Å². The number of aliphatic hydroxyl groups excluding tert-OH is 2. The fourth-order valence-corrected chi connectivity index (χ4v) is 1.83. The van der Waals surface area contributed by atoms with E-state index >= 15 is 0 Å². The van der Waals surface area contributed by atoms with Crippen molar-refractivity contribution in [2.24, 2.45) is 0 Å². The Hall–Kier alpha value is -2.35. The van der Waals surface area contributed by atoms with Crippen molar-refractivity contribution in [3.8, 4) is 17.6 Å². The average Bonchev–Trinajstić information content (AvgIpc) is 2.53. The second-order valence-electron chi connectivity index (χ2n) is 4.33. The van der Waals surface area contributed by atoms with Crippen LogP contribution in [0.2, 0.25) is 0 Å². The highest BCUT2D eigenvalue weighted by molar-refractivity contribution is 5.39. The molecular formula is C17H15FO3. The zero-order chi connectivity index (χ0) is 15.1. The smallest absolute Gasteiger partial charge is 0.138 e.